The van der Waals surface area contributed by atoms with E-state index < -0.39 is 29.7 Å². The third-order valence-electron chi connectivity index (χ3n) is 6.20. The van der Waals surface area contributed by atoms with E-state index in [1.54, 1.807) is 40.7 Å². The van der Waals surface area contributed by atoms with E-state index in [0.29, 0.717) is 23.4 Å². The van der Waals surface area contributed by atoms with E-state index in [2.05, 4.69) is 5.32 Å². The average molecular weight is 413 g/mol. The van der Waals surface area contributed by atoms with E-state index in [1.807, 2.05) is 0 Å². The van der Waals surface area contributed by atoms with Crippen LogP contribution in [-0.2, 0) is 16.1 Å². The van der Waals surface area contributed by atoms with Crippen LogP contribution in [0.5, 0.6) is 0 Å². The fourth-order valence-electron chi connectivity index (χ4n) is 5.01. The SMILES string of the molecule is CCNC(=O)[C@@H]1[C@@H](CO)[C@@H]2Cn3c(ccc(-c4cccc(F)c4)c3=O)[C@H]1N2C(C)=O. The molecule has 2 aliphatic heterocycles. The Hall–Kier alpha value is -3.00. The number of fused-ring (bicyclic) bond motifs is 4. The lowest BCUT2D eigenvalue weighted by Gasteiger charge is -2.37. The second kappa shape index (κ2) is 7.68. The molecule has 8 heteroatoms. The number of rotatable bonds is 4. The lowest BCUT2D eigenvalue weighted by Crippen LogP contribution is -2.48. The average Bonchev–Trinajstić information content (AvgIpc) is 2.96. The number of nitrogens with zero attached hydrogens (tertiary/aromatic N) is 2. The number of benzene rings is 1. The molecule has 2 aliphatic rings. The minimum absolute atomic E-state index is 0.175. The van der Waals surface area contributed by atoms with Gasteiger partial charge < -0.3 is 19.9 Å². The highest BCUT2D eigenvalue weighted by Gasteiger charge is 2.56. The first-order valence-corrected chi connectivity index (χ1v) is 10.1. The molecule has 0 unspecified atom stereocenters. The molecule has 158 valence electrons. The van der Waals surface area contributed by atoms with Crippen molar-refractivity contribution in [3.63, 3.8) is 0 Å². The third-order valence-corrected chi connectivity index (χ3v) is 6.20. The molecule has 4 atom stereocenters. The first kappa shape index (κ1) is 20.3. The number of carbonyl (C=O) groups excluding carboxylic acids is 2. The minimum atomic E-state index is -0.656. The van der Waals surface area contributed by atoms with Crippen molar-refractivity contribution < 1.29 is 19.1 Å². The summed E-state index contributed by atoms with van der Waals surface area (Å²) in [6.07, 6.45) is 0. The molecule has 2 N–H and O–H groups in total. The van der Waals surface area contributed by atoms with Gasteiger partial charge in [-0.3, -0.25) is 14.4 Å². The number of hydrogen-bond donors (Lipinski definition) is 2. The number of pyridine rings is 1. The Bertz CT molecular complexity index is 1070. The maximum atomic E-state index is 13.7. The van der Waals surface area contributed by atoms with Crippen LogP contribution >= 0.6 is 0 Å². The fourth-order valence-corrected chi connectivity index (χ4v) is 5.01. The van der Waals surface area contributed by atoms with Crippen LogP contribution in [-0.4, -0.2) is 45.6 Å². The Morgan fingerprint density at radius 1 is 1.27 bits per heavy atom. The van der Waals surface area contributed by atoms with Gasteiger partial charge in [-0.15, -0.1) is 0 Å². The molecule has 0 saturated carbocycles. The van der Waals surface area contributed by atoms with Crippen LogP contribution in [0.1, 0.15) is 25.6 Å². The van der Waals surface area contributed by atoms with Crippen molar-refractivity contribution in [2.75, 3.05) is 13.2 Å². The van der Waals surface area contributed by atoms with Gasteiger partial charge in [-0.2, -0.15) is 0 Å². The molecule has 1 fully saturated rings. The Kier molecular flexibility index (Phi) is 5.19. The maximum absolute atomic E-state index is 13.7. The van der Waals surface area contributed by atoms with Gasteiger partial charge in [-0.05, 0) is 36.8 Å². The van der Waals surface area contributed by atoms with E-state index in [-0.39, 0.29) is 30.5 Å². The Morgan fingerprint density at radius 3 is 2.67 bits per heavy atom. The number of hydrogen-bond acceptors (Lipinski definition) is 4. The molecule has 1 aromatic carbocycles. The quantitative estimate of drug-likeness (QED) is 0.791. The number of aromatic nitrogens is 1. The maximum Gasteiger partial charge on any atom is 0.258 e. The third kappa shape index (κ3) is 3.02. The molecular weight excluding hydrogens is 389 g/mol. The molecule has 1 saturated heterocycles. The number of aliphatic hydroxyl groups is 1. The summed E-state index contributed by atoms with van der Waals surface area (Å²) in [4.78, 5) is 40.2. The fraction of sp³-hybridized carbons (Fsp3) is 0.409. The first-order valence-electron chi connectivity index (χ1n) is 10.1. The van der Waals surface area contributed by atoms with E-state index in [4.69, 9.17) is 0 Å². The molecule has 0 radical (unpaired) electrons. The van der Waals surface area contributed by atoms with Crippen LogP contribution < -0.4 is 10.9 Å². The van der Waals surface area contributed by atoms with Crippen molar-refractivity contribution in [1.29, 1.82) is 0 Å². The Labute approximate surface area is 173 Å². The van der Waals surface area contributed by atoms with Gasteiger partial charge in [-0.1, -0.05) is 12.1 Å². The van der Waals surface area contributed by atoms with Crippen LogP contribution in [0.4, 0.5) is 4.39 Å². The number of amides is 2. The van der Waals surface area contributed by atoms with Gasteiger partial charge >= 0.3 is 0 Å². The summed E-state index contributed by atoms with van der Waals surface area (Å²) >= 11 is 0. The van der Waals surface area contributed by atoms with Crippen molar-refractivity contribution >= 4 is 11.8 Å². The lowest BCUT2D eigenvalue weighted by molar-refractivity contribution is -0.134. The molecule has 7 nitrogen and oxygen atoms in total. The summed E-state index contributed by atoms with van der Waals surface area (Å²) in [5.74, 6) is -2.03. The summed E-state index contributed by atoms with van der Waals surface area (Å²) in [5.41, 5.74) is 1.07. The highest BCUT2D eigenvalue weighted by Crippen LogP contribution is 2.48. The Morgan fingerprint density at radius 2 is 2.03 bits per heavy atom. The molecule has 30 heavy (non-hydrogen) atoms. The van der Waals surface area contributed by atoms with Gasteiger partial charge in [0.25, 0.3) is 5.56 Å². The molecule has 3 heterocycles. The molecule has 4 rings (SSSR count). The number of carbonyl (C=O) groups is 2. The number of aliphatic hydroxyl groups excluding tert-OH is 1. The van der Waals surface area contributed by atoms with Crippen molar-refractivity contribution in [2.24, 2.45) is 11.8 Å². The molecule has 0 aliphatic carbocycles. The van der Waals surface area contributed by atoms with Crippen molar-refractivity contribution in [3.05, 3.63) is 58.3 Å². The summed E-state index contributed by atoms with van der Waals surface area (Å²) in [6, 6.07) is 8.05. The monoisotopic (exact) mass is 413 g/mol. The van der Waals surface area contributed by atoms with Gasteiger partial charge in [-0.25, -0.2) is 4.39 Å². The normalized spacial score (nSPS) is 24.5. The topological polar surface area (TPSA) is 91.6 Å². The second-order valence-corrected chi connectivity index (χ2v) is 7.80. The molecule has 0 spiro atoms. The van der Waals surface area contributed by atoms with Crippen LogP contribution in [0, 0.1) is 17.7 Å². The van der Waals surface area contributed by atoms with Crippen molar-refractivity contribution in [2.45, 2.75) is 32.5 Å². The smallest absolute Gasteiger partial charge is 0.258 e. The van der Waals surface area contributed by atoms with Gasteiger partial charge in [0.15, 0.2) is 0 Å². The number of nitrogens with one attached hydrogen (secondary N) is 1. The van der Waals surface area contributed by atoms with Gasteiger partial charge in [0.05, 0.1) is 18.0 Å². The van der Waals surface area contributed by atoms with Crippen molar-refractivity contribution in [3.8, 4) is 11.1 Å². The van der Waals surface area contributed by atoms with Crippen LogP contribution in [0.3, 0.4) is 0 Å². The van der Waals surface area contributed by atoms with E-state index in [9.17, 15) is 23.9 Å². The van der Waals surface area contributed by atoms with E-state index >= 15 is 0 Å². The highest BCUT2D eigenvalue weighted by atomic mass is 19.1. The first-order chi connectivity index (χ1) is 14.4. The summed E-state index contributed by atoms with van der Waals surface area (Å²) in [6.45, 7) is 3.57. The molecule has 2 aromatic rings. The second-order valence-electron chi connectivity index (χ2n) is 7.80. The van der Waals surface area contributed by atoms with E-state index in [0.717, 1.165) is 0 Å². The molecule has 2 amide bonds. The number of halogens is 1. The minimum Gasteiger partial charge on any atom is -0.396 e. The van der Waals surface area contributed by atoms with Crippen LogP contribution in [0.25, 0.3) is 11.1 Å². The summed E-state index contributed by atoms with van der Waals surface area (Å²) < 4.78 is 15.2. The lowest BCUT2D eigenvalue weighted by atomic mass is 9.86. The van der Waals surface area contributed by atoms with Crippen LogP contribution in [0.15, 0.2) is 41.2 Å². The van der Waals surface area contributed by atoms with Gasteiger partial charge in [0.2, 0.25) is 11.8 Å². The summed E-state index contributed by atoms with van der Waals surface area (Å²) in [7, 11) is 0. The van der Waals surface area contributed by atoms with Gasteiger partial charge in [0.1, 0.15) is 5.82 Å². The predicted octanol–water partition coefficient (Wildman–Crippen LogP) is 1.30. The van der Waals surface area contributed by atoms with Crippen LogP contribution in [0.2, 0.25) is 0 Å². The van der Waals surface area contributed by atoms with Crippen molar-refractivity contribution in [1.82, 2.24) is 14.8 Å². The molecular formula is C22H24FN3O4. The standard InChI is InChI=1S/C22H24FN3O4/c1-3-24-21(29)19-16(11-27)18-10-25-17(20(19)26(18)12(2)28)8-7-15(22(25)30)13-5-4-6-14(23)9-13/h4-9,16,18-20,27H,3,10-11H2,1-2H3,(H,24,29)/t16-,18-,19+,20+/m0/s1. The largest absolute Gasteiger partial charge is 0.396 e. The zero-order valence-corrected chi connectivity index (χ0v) is 16.8. The van der Waals surface area contributed by atoms with E-state index in [1.165, 1.54) is 19.1 Å². The summed E-state index contributed by atoms with van der Waals surface area (Å²) in [5, 5.41) is 12.9. The predicted molar refractivity (Wildman–Crippen MR) is 108 cm³/mol. The highest BCUT2D eigenvalue weighted by molar-refractivity contribution is 5.83. The molecule has 2 bridgehead atoms. The Balaban J connectivity index is 1.88. The molecule has 1 aromatic heterocycles. The zero-order valence-electron chi connectivity index (χ0n) is 16.8. The van der Waals surface area contributed by atoms with Gasteiger partial charge in [0, 0.05) is 43.8 Å². The zero-order chi connectivity index (χ0) is 21.6.